The predicted molar refractivity (Wildman–Crippen MR) is 141 cm³/mol. The fourth-order valence-corrected chi connectivity index (χ4v) is 5.57. The molecule has 8 nitrogen and oxygen atoms in total. The molecule has 1 saturated heterocycles. The normalized spacial score (nSPS) is 16.2. The lowest BCUT2D eigenvalue weighted by atomic mass is 10.1. The van der Waals surface area contributed by atoms with Crippen LogP contribution in [0.3, 0.4) is 0 Å². The summed E-state index contributed by atoms with van der Waals surface area (Å²) in [6, 6.07) is 12.1. The first-order chi connectivity index (χ1) is 17.3. The third-order valence-electron chi connectivity index (χ3n) is 6.60. The van der Waals surface area contributed by atoms with Crippen molar-refractivity contribution in [3.63, 3.8) is 0 Å². The number of hydrogen-bond donors (Lipinski definition) is 2. The van der Waals surface area contributed by atoms with Crippen molar-refractivity contribution in [1.82, 2.24) is 30.2 Å². The van der Waals surface area contributed by atoms with Crippen LogP contribution < -0.4 is 15.5 Å². The van der Waals surface area contributed by atoms with Crippen LogP contribution in [0.25, 0.3) is 32.5 Å². The summed E-state index contributed by atoms with van der Waals surface area (Å²) >= 11 is 1.61. The SMILES string of the molecule is c1ccc2sc(Nc3cc(-c4nc(N5CCNCC5)c5c(C6CC6)cncc5n4)ccn3)nc2c1. The van der Waals surface area contributed by atoms with Crippen LogP contribution in [0, 0.1) is 0 Å². The van der Waals surface area contributed by atoms with Gasteiger partial charge in [0.05, 0.1) is 21.9 Å². The molecule has 1 aromatic carbocycles. The van der Waals surface area contributed by atoms with Gasteiger partial charge in [-0.1, -0.05) is 23.5 Å². The van der Waals surface area contributed by atoms with Crippen molar-refractivity contribution >= 4 is 49.2 Å². The first kappa shape index (κ1) is 20.7. The van der Waals surface area contributed by atoms with E-state index >= 15 is 0 Å². The Balaban J connectivity index is 1.30. The monoisotopic (exact) mass is 480 g/mol. The third-order valence-corrected chi connectivity index (χ3v) is 7.55. The lowest BCUT2D eigenvalue weighted by Crippen LogP contribution is -2.44. The van der Waals surface area contributed by atoms with Crippen LogP contribution in [0.1, 0.15) is 24.3 Å². The Morgan fingerprint density at radius 2 is 1.86 bits per heavy atom. The van der Waals surface area contributed by atoms with E-state index in [2.05, 4.69) is 36.6 Å². The van der Waals surface area contributed by atoms with E-state index in [1.807, 2.05) is 42.7 Å². The molecule has 1 aliphatic carbocycles. The third kappa shape index (κ3) is 3.96. The van der Waals surface area contributed by atoms with Crippen molar-refractivity contribution in [1.29, 1.82) is 0 Å². The number of fused-ring (bicyclic) bond motifs is 2. The van der Waals surface area contributed by atoms with E-state index in [4.69, 9.17) is 9.97 Å². The number of piperazine rings is 1. The minimum atomic E-state index is 0.577. The summed E-state index contributed by atoms with van der Waals surface area (Å²) in [6.45, 7) is 3.77. The molecule has 9 heteroatoms. The Kier molecular flexibility index (Phi) is 5.03. The summed E-state index contributed by atoms with van der Waals surface area (Å²) in [5, 5.41) is 8.79. The van der Waals surface area contributed by atoms with E-state index in [9.17, 15) is 0 Å². The molecule has 0 atom stereocenters. The predicted octanol–water partition coefficient (Wildman–Crippen LogP) is 4.73. The molecule has 1 saturated carbocycles. The Morgan fingerprint density at radius 1 is 0.971 bits per heavy atom. The van der Waals surface area contributed by atoms with Gasteiger partial charge < -0.3 is 15.5 Å². The molecule has 2 fully saturated rings. The first-order valence-electron chi connectivity index (χ1n) is 12.0. The first-order valence-corrected chi connectivity index (χ1v) is 12.8. The highest BCUT2D eigenvalue weighted by Gasteiger charge is 2.29. The van der Waals surface area contributed by atoms with Crippen molar-refractivity contribution in [2.45, 2.75) is 18.8 Å². The van der Waals surface area contributed by atoms with E-state index in [1.165, 1.54) is 18.4 Å². The summed E-state index contributed by atoms with van der Waals surface area (Å²) in [6.07, 6.45) is 8.12. The van der Waals surface area contributed by atoms with Crippen molar-refractivity contribution < 1.29 is 0 Å². The van der Waals surface area contributed by atoms with Crippen LogP contribution >= 0.6 is 11.3 Å². The van der Waals surface area contributed by atoms with Gasteiger partial charge in [0, 0.05) is 49.5 Å². The number of hydrogen-bond acceptors (Lipinski definition) is 9. The maximum Gasteiger partial charge on any atom is 0.189 e. The van der Waals surface area contributed by atoms with Gasteiger partial charge in [-0.25, -0.2) is 19.9 Å². The van der Waals surface area contributed by atoms with Gasteiger partial charge in [0.15, 0.2) is 11.0 Å². The summed E-state index contributed by atoms with van der Waals surface area (Å²) < 4.78 is 1.14. The second kappa shape index (κ2) is 8.51. The molecule has 2 aliphatic rings. The van der Waals surface area contributed by atoms with Crippen molar-refractivity contribution in [3.8, 4) is 11.4 Å². The molecule has 0 radical (unpaired) electrons. The number of para-hydroxylation sites is 1. The quantitative estimate of drug-likeness (QED) is 0.373. The average Bonchev–Trinajstić information content (AvgIpc) is 3.67. The van der Waals surface area contributed by atoms with E-state index in [1.54, 1.807) is 17.5 Å². The zero-order valence-electron chi connectivity index (χ0n) is 19.1. The number of anilines is 3. The molecule has 7 rings (SSSR count). The minimum absolute atomic E-state index is 0.577. The number of benzene rings is 1. The van der Waals surface area contributed by atoms with Gasteiger partial charge in [-0.2, -0.15) is 0 Å². The Bertz CT molecular complexity index is 1500. The van der Waals surface area contributed by atoms with Crippen molar-refractivity contribution in [2.75, 3.05) is 36.4 Å². The van der Waals surface area contributed by atoms with E-state index in [-0.39, 0.29) is 0 Å². The number of nitrogens with one attached hydrogen (secondary N) is 2. The fourth-order valence-electron chi connectivity index (χ4n) is 4.70. The second-order valence-electron chi connectivity index (χ2n) is 9.05. The van der Waals surface area contributed by atoms with Crippen LogP contribution in [-0.2, 0) is 0 Å². The number of thiazole rings is 1. The molecule has 0 bridgehead atoms. The summed E-state index contributed by atoms with van der Waals surface area (Å²) in [4.78, 5) is 26.2. The molecular weight excluding hydrogens is 456 g/mol. The van der Waals surface area contributed by atoms with Crippen LogP contribution in [0.5, 0.6) is 0 Å². The number of pyridine rings is 2. The maximum absolute atomic E-state index is 5.14. The average molecular weight is 481 g/mol. The van der Waals surface area contributed by atoms with Gasteiger partial charge in [0.2, 0.25) is 0 Å². The number of rotatable bonds is 5. The molecule has 0 amide bonds. The highest BCUT2D eigenvalue weighted by atomic mass is 32.1. The number of nitrogens with zero attached hydrogens (tertiary/aromatic N) is 6. The second-order valence-corrected chi connectivity index (χ2v) is 10.1. The van der Waals surface area contributed by atoms with E-state index < -0.39 is 0 Å². The molecule has 4 aromatic heterocycles. The molecule has 5 aromatic rings. The molecular formula is C26H24N8S. The van der Waals surface area contributed by atoms with Crippen LogP contribution in [0.2, 0.25) is 0 Å². The van der Waals surface area contributed by atoms with Crippen LogP contribution in [0.15, 0.2) is 55.0 Å². The molecule has 35 heavy (non-hydrogen) atoms. The Hall–Kier alpha value is -3.69. The topological polar surface area (TPSA) is 91.8 Å². The van der Waals surface area contributed by atoms with E-state index in [0.29, 0.717) is 11.7 Å². The molecule has 0 spiro atoms. The Morgan fingerprint density at radius 3 is 2.71 bits per heavy atom. The van der Waals surface area contributed by atoms with Crippen LogP contribution in [-0.4, -0.2) is 51.1 Å². The lowest BCUT2D eigenvalue weighted by Gasteiger charge is -2.30. The van der Waals surface area contributed by atoms with Gasteiger partial charge in [0.1, 0.15) is 11.6 Å². The maximum atomic E-state index is 5.14. The summed E-state index contributed by atoms with van der Waals surface area (Å²) in [5.41, 5.74) is 4.09. The van der Waals surface area contributed by atoms with Gasteiger partial charge >= 0.3 is 0 Å². The molecule has 5 heterocycles. The van der Waals surface area contributed by atoms with Crippen molar-refractivity contribution in [3.05, 3.63) is 60.6 Å². The standard InChI is InChI=1S/C26H24N8S/c1-2-4-21-19(3-1)31-26(35-21)32-22-13-17(7-8-29-22)24-30-20-15-28-14-18(16-5-6-16)23(20)25(33-24)34-11-9-27-10-12-34/h1-4,7-8,13-16,27H,5-6,9-12H2,(H,29,31,32). The fraction of sp³-hybridized carbons (Fsp3) is 0.269. The zero-order chi connectivity index (χ0) is 23.2. The highest BCUT2D eigenvalue weighted by molar-refractivity contribution is 7.22. The van der Waals surface area contributed by atoms with Gasteiger partial charge in [0.25, 0.3) is 0 Å². The largest absolute Gasteiger partial charge is 0.353 e. The summed E-state index contributed by atoms with van der Waals surface area (Å²) in [5.74, 6) is 3.01. The highest BCUT2D eigenvalue weighted by Crippen LogP contribution is 2.44. The van der Waals surface area contributed by atoms with Gasteiger partial charge in [-0.15, -0.1) is 0 Å². The smallest absolute Gasteiger partial charge is 0.189 e. The van der Waals surface area contributed by atoms with Gasteiger partial charge in [-0.05, 0) is 48.6 Å². The molecule has 174 valence electrons. The Labute approximate surface area is 206 Å². The molecule has 0 unspecified atom stereocenters. The summed E-state index contributed by atoms with van der Waals surface area (Å²) in [7, 11) is 0. The van der Waals surface area contributed by atoms with Gasteiger partial charge in [-0.3, -0.25) is 4.98 Å². The van der Waals surface area contributed by atoms with Crippen molar-refractivity contribution in [2.24, 2.45) is 0 Å². The zero-order valence-corrected chi connectivity index (χ0v) is 19.9. The molecule has 1 aliphatic heterocycles. The lowest BCUT2D eigenvalue weighted by molar-refractivity contribution is 0.586. The van der Waals surface area contributed by atoms with E-state index in [0.717, 1.165) is 69.6 Å². The van der Waals surface area contributed by atoms with Crippen LogP contribution in [0.4, 0.5) is 16.8 Å². The number of aromatic nitrogens is 5. The molecule has 2 N–H and O–H groups in total. The minimum Gasteiger partial charge on any atom is -0.353 e.